The molecule has 1 amide bonds. The summed E-state index contributed by atoms with van der Waals surface area (Å²) in [6.07, 6.45) is -3.46. The van der Waals surface area contributed by atoms with Crippen molar-refractivity contribution >= 4 is 34.0 Å². The summed E-state index contributed by atoms with van der Waals surface area (Å²) in [5, 5.41) is 3.19. The standard InChI is InChI=1S/C16H14ClF3N2O3S/c17-12-2-1-10(16(18,19)20)5-9(12)6-11-7-21-15(26-11)22-14(23)13-8-24-3-4-25-13/h1-2,5,7,13H,3-4,6,8H2,(H,21,22,23)/t13-/m0/s1. The van der Waals surface area contributed by atoms with E-state index in [9.17, 15) is 18.0 Å². The fourth-order valence-corrected chi connectivity index (χ4v) is 3.37. The number of halogens is 4. The van der Waals surface area contributed by atoms with Crippen LogP contribution in [0.4, 0.5) is 18.3 Å². The van der Waals surface area contributed by atoms with Crippen LogP contribution in [0.5, 0.6) is 0 Å². The highest BCUT2D eigenvalue weighted by Gasteiger charge is 2.31. The van der Waals surface area contributed by atoms with Gasteiger partial charge >= 0.3 is 6.18 Å². The summed E-state index contributed by atoms with van der Waals surface area (Å²) in [5.74, 6) is -0.372. The molecule has 26 heavy (non-hydrogen) atoms. The first kappa shape index (κ1) is 19.1. The lowest BCUT2D eigenvalue weighted by Crippen LogP contribution is -2.39. The van der Waals surface area contributed by atoms with Crippen LogP contribution in [0, 0.1) is 0 Å². The summed E-state index contributed by atoms with van der Waals surface area (Å²) in [4.78, 5) is 16.8. The van der Waals surface area contributed by atoms with Crippen molar-refractivity contribution in [2.24, 2.45) is 0 Å². The summed E-state index contributed by atoms with van der Waals surface area (Å²) >= 11 is 7.17. The molecule has 0 spiro atoms. The number of carbonyl (C=O) groups excluding carboxylic acids is 1. The summed E-state index contributed by atoms with van der Waals surface area (Å²) in [7, 11) is 0. The minimum absolute atomic E-state index is 0.171. The Morgan fingerprint density at radius 1 is 1.38 bits per heavy atom. The molecule has 0 radical (unpaired) electrons. The summed E-state index contributed by atoms with van der Waals surface area (Å²) in [5.41, 5.74) is -0.420. The molecule has 1 fully saturated rings. The Labute approximate surface area is 156 Å². The zero-order chi connectivity index (χ0) is 18.7. The SMILES string of the molecule is O=C(Nc1ncc(Cc2cc(C(F)(F)F)ccc2Cl)s1)[C@@H]1COCCO1. The molecule has 1 aliphatic heterocycles. The number of rotatable bonds is 4. The molecule has 3 rings (SSSR count). The van der Waals surface area contributed by atoms with E-state index in [1.54, 1.807) is 0 Å². The number of anilines is 1. The predicted octanol–water partition coefficient (Wildman–Crippen LogP) is 3.76. The first-order valence-corrected chi connectivity index (χ1v) is 8.83. The lowest BCUT2D eigenvalue weighted by atomic mass is 10.1. The van der Waals surface area contributed by atoms with Gasteiger partial charge in [0.1, 0.15) is 0 Å². The Morgan fingerprint density at radius 3 is 2.88 bits per heavy atom. The van der Waals surface area contributed by atoms with Gasteiger partial charge in [0.25, 0.3) is 5.91 Å². The third-order valence-electron chi connectivity index (χ3n) is 3.63. The number of nitrogens with zero attached hydrogens (tertiary/aromatic N) is 1. The molecular weight excluding hydrogens is 393 g/mol. The van der Waals surface area contributed by atoms with E-state index in [0.717, 1.165) is 23.5 Å². The van der Waals surface area contributed by atoms with Crippen LogP contribution >= 0.6 is 22.9 Å². The number of benzene rings is 1. The van der Waals surface area contributed by atoms with E-state index in [4.69, 9.17) is 21.1 Å². The van der Waals surface area contributed by atoms with E-state index >= 15 is 0 Å². The Morgan fingerprint density at radius 2 is 2.19 bits per heavy atom. The zero-order valence-electron chi connectivity index (χ0n) is 13.3. The van der Waals surface area contributed by atoms with Gasteiger partial charge in [-0.3, -0.25) is 10.1 Å². The van der Waals surface area contributed by atoms with Crippen LogP contribution in [-0.2, 0) is 26.9 Å². The smallest absolute Gasteiger partial charge is 0.376 e. The lowest BCUT2D eigenvalue weighted by Gasteiger charge is -2.21. The summed E-state index contributed by atoms with van der Waals surface area (Å²) in [6, 6.07) is 3.19. The zero-order valence-corrected chi connectivity index (χ0v) is 14.9. The van der Waals surface area contributed by atoms with Gasteiger partial charge in [-0.2, -0.15) is 13.2 Å². The molecule has 0 bridgehead atoms. The average Bonchev–Trinajstić information content (AvgIpc) is 3.03. The monoisotopic (exact) mass is 406 g/mol. The quantitative estimate of drug-likeness (QED) is 0.839. The van der Waals surface area contributed by atoms with Crippen LogP contribution < -0.4 is 5.32 Å². The number of amides is 1. The molecule has 1 aromatic carbocycles. The van der Waals surface area contributed by atoms with E-state index in [-0.39, 0.29) is 24.0 Å². The van der Waals surface area contributed by atoms with Crippen LogP contribution in [0.1, 0.15) is 16.0 Å². The number of nitrogens with one attached hydrogen (secondary N) is 1. The van der Waals surface area contributed by atoms with Crippen molar-refractivity contribution in [1.82, 2.24) is 4.98 Å². The van der Waals surface area contributed by atoms with Crippen LogP contribution in [0.3, 0.4) is 0 Å². The van der Waals surface area contributed by atoms with Crippen molar-refractivity contribution in [3.05, 3.63) is 45.4 Å². The molecule has 1 saturated heterocycles. The minimum atomic E-state index is -4.44. The molecule has 2 heterocycles. The number of ether oxygens (including phenoxy) is 2. The van der Waals surface area contributed by atoms with Crippen LogP contribution in [0.25, 0.3) is 0 Å². The van der Waals surface area contributed by atoms with E-state index in [2.05, 4.69) is 10.3 Å². The van der Waals surface area contributed by atoms with Crippen molar-refractivity contribution in [2.75, 3.05) is 25.1 Å². The van der Waals surface area contributed by atoms with Gasteiger partial charge in [0.15, 0.2) is 11.2 Å². The van der Waals surface area contributed by atoms with Gasteiger partial charge in [-0.1, -0.05) is 11.6 Å². The van der Waals surface area contributed by atoms with Gasteiger partial charge in [0, 0.05) is 22.5 Å². The topological polar surface area (TPSA) is 60.5 Å². The third-order valence-corrected chi connectivity index (χ3v) is 4.91. The molecule has 2 aromatic rings. The summed E-state index contributed by atoms with van der Waals surface area (Å²) in [6.45, 7) is 0.960. The van der Waals surface area contributed by atoms with Crippen LogP contribution in [0.15, 0.2) is 24.4 Å². The van der Waals surface area contributed by atoms with Gasteiger partial charge in [0.05, 0.1) is 25.4 Å². The summed E-state index contributed by atoms with van der Waals surface area (Å²) < 4.78 is 49.0. The fourth-order valence-electron chi connectivity index (χ4n) is 2.35. The number of carbonyl (C=O) groups is 1. The molecule has 5 nitrogen and oxygen atoms in total. The Hall–Kier alpha value is -1.68. The highest BCUT2D eigenvalue weighted by molar-refractivity contribution is 7.15. The van der Waals surface area contributed by atoms with Crippen molar-refractivity contribution < 1.29 is 27.4 Å². The van der Waals surface area contributed by atoms with Gasteiger partial charge in [-0.05, 0) is 23.8 Å². The molecule has 1 aliphatic rings. The fraction of sp³-hybridized carbons (Fsp3) is 0.375. The predicted molar refractivity (Wildman–Crippen MR) is 90.6 cm³/mol. The number of thiazole rings is 1. The van der Waals surface area contributed by atoms with E-state index in [1.165, 1.54) is 12.3 Å². The van der Waals surface area contributed by atoms with E-state index in [0.29, 0.717) is 28.8 Å². The molecule has 0 aliphatic carbocycles. The van der Waals surface area contributed by atoms with Crippen LogP contribution in [0.2, 0.25) is 5.02 Å². The van der Waals surface area contributed by atoms with Gasteiger partial charge < -0.3 is 9.47 Å². The van der Waals surface area contributed by atoms with Gasteiger partial charge in [-0.25, -0.2) is 4.98 Å². The first-order chi connectivity index (χ1) is 12.3. The molecule has 10 heteroatoms. The number of hydrogen-bond donors (Lipinski definition) is 1. The second-order valence-electron chi connectivity index (χ2n) is 5.54. The molecule has 1 atom stereocenters. The molecule has 1 aromatic heterocycles. The lowest BCUT2D eigenvalue weighted by molar-refractivity contribution is -0.142. The second-order valence-corrected chi connectivity index (χ2v) is 7.06. The molecule has 140 valence electrons. The normalized spacial score (nSPS) is 17.9. The maximum absolute atomic E-state index is 12.8. The molecule has 1 N–H and O–H groups in total. The maximum Gasteiger partial charge on any atom is 0.416 e. The van der Waals surface area contributed by atoms with E-state index in [1.807, 2.05) is 0 Å². The van der Waals surface area contributed by atoms with Crippen molar-refractivity contribution in [3.8, 4) is 0 Å². The highest BCUT2D eigenvalue weighted by atomic mass is 35.5. The Bertz CT molecular complexity index is 791. The van der Waals surface area contributed by atoms with Crippen molar-refractivity contribution in [1.29, 1.82) is 0 Å². The number of hydrogen-bond acceptors (Lipinski definition) is 5. The third kappa shape index (κ3) is 4.73. The Kier molecular flexibility index (Phi) is 5.81. The highest BCUT2D eigenvalue weighted by Crippen LogP contribution is 2.33. The van der Waals surface area contributed by atoms with Gasteiger partial charge in [0.2, 0.25) is 0 Å². The van der Waals surface area contributed by atoms with Crippen molar-refractivity contribution in [3.63, 3.8) is 0 Å². The van der Waals surface area contributed by atoms with E-state index < -0.39 is 17.8 Å². The first-order valence-electron chi connectivity index (χ1n) is 7.63. The van der Waals surface area contributed by atoms with Crippen molar-refractivity contribution in [2.45, 2.75) is 18.7 Å². The minimum Gasteiger partial charge on any atom is -0.376 e. The second kappa shape index (κ2) is 7.91. The maximum atomic E-state index is 12.8. The largest absolute Gasteiger partial charge is 0.416 e. The van der Waals surface area contributed by atoms with Gasteiger partial charge in [-0.15, -0.1) is 11.3 Å². The number of aromatic nitrogens is 1. The Balaban J connectivity index is 1.68. The number of alkyl halides is 3. The average molecular weight is 407 g/mol. The van der Waals surface area contributed by atoms with Crippen LogP contribution in [-0.4, -0.2) is 36.8 Å². The molecule has 0 unspecified atom stereocenters. The molecular formula is C16H14ClF3N2O3S. The molecule has 0 saturated carbocycles.